The molecule has 2 aromatic rings. The zero-order chi connectivity index (χ0) is 13.2. The lowest BCUT2D eigenvalue weighted by Gasteiger charge is -2.27. The van der Waals surface area contributed by atoms with E-state index in [4.69, 9.17) is 21.1 Å². The van der Waals surface area contributed by atoms with E-state index < -0.39 is 0 Å². The number of halogens is 1. The molecular weight excluding hydrogens is 290 g/mol. The standard InChI is InChI=1S/C11H10ClN3O3S/c12-11-13-7-5-8(18-6-16)19-9(7)10(14-11)15-1-3-17-4-2-15/h5-6H,1-4H2. The predicted molar refractivity (Wildman–Crippen MR) is 72.1 cm³/mol. The van der Waals surface area contributed by atoms with Crippen molar-refractivity contribution in [1.82, 2.24) is 9.97 Å². The molecule has 8 heteroatoms. The van der Waals surface area contributed by atoms with Crippen molar-refractivity contribution in [2.24, 2.45) is 0 Å². The van der Waals surface area contributed by atoms with Gasteiger partial charge in [0.2, 0.25) is 5.28 Å². The highest BCUT2D eigenvalue weighted by Gasteiger charge is 2.19. The minimum absolute atomic E-state index is 0.185. The zero-order valence-electron chi connectivity index (χ0n) is 9.84. The highest BCUT2D eigenvalue weighted by molar-refractivity contribution is 7.21. The first-order chi connectivity index (χ1) is 9.28. The van der Waals surface area contributed by atoms with Crippen LogP contribution in [0.2, 0.25) is 5.28 Å². The Morgan fingerprint density at radius 3 is 2.95 bits per heavy atom. The lowest BCUT2D eigenvalue weighted by Crippen LogP contribution is -2.36. The Bertz CT molecular complexity index is 612. The van der Waals surface area contributed by atoms with Crippen LogP contribution in [-0.2, 0) is 9.53 Å². The number of hydrogen-bond donors (Lipinski definition) is 0. The average Bonchev–Trinajstić information content (AvgIpc) is 2.81. The fourth-order valence-electron chi connectivity index (χ4n) is 1.96. The summed E-state index contributed by atoms with van der Waals surface area (Å²) < 4.78 is 11.0. The number of carbonyl (C=O) groups excluding carboxylic acids is 1. The lowest BCUT2D eigenvalue weighted by molar-refractivity contribution is -0.120. The molecule has 0 aliphatic carbocycles. The monoisotopic (exact) mass is 299 g/mol. The van der Waals surface area contributed by atoms with E-state index in [1.165, 1.54) is 11.3 Å². The Hall–Kier alpha value is -1.44. The normalized spacial score (nSPS) is 15.7. The van der Waals surface area contributed by atoms with E-state index >= 15 is 0 Å². The molecule has 3 heterocycles. The summed E-state index contributed by atoms with van der Waals surface area (Å²) in [7, 11) is 0. The molecule has 0 saturated carbocycles. The van der Waals surface area contributed by atoms with Crippen molar-refractivity contribution in [3.8, 4) is 5.06 Å². The van der Waals surface area contributed by atoms with E-state index in [0.717, 1.165) is 23.6 Å². The molecule has 1 aliphatic rings. The van der Waals surface area contributed by atoms with Gasteiger partial charge in [0.05, 0.1) is 23.4 Å². The number of ether oxygens (including phenoxy) is 2. The van der Waals surface area contributed by atoms with Crippen molar-refractivity contribution in [2.75, 3.05) is 31.2 Å². The Labute approximate surface area is 117 Å². The molecule has 0 atom stereocenters. The van der Waals surface area contributed by atoms with Gasteiger partial charge in [-0.1, -0.05) is 11.3 Å². The van der Waals surface area contributed by atoms with Gasteiger partial charge in [0, 0.05) is 19.2 Å². The van der Waals surface area contributed by atoms with Crippen LogP contribution in [-0.4, -0.2) is 42.7 Å². The second-order valence-corrected chi connectivity index (χ2v) is 5.26. The summed E-state index contributed by atoms with van der Waals surface area (Å²) in [4.78, 5) is 20.9. The van der Waals surface area contributed by atoms with Crippen LogP contribution in [0.4, 0.5) is 5.82 Å². The summed E-state index contributed by atoms with van der Waals surface area (Å²) in [5, 5.41) is 0.667. The Kier molecular flexibility index (Phi) is 3.50. The second-order valence-electron chi connectivity index (χ2n) is 3.91. The maximum Gasteiger partial charge on any atom is 0.299 e. The summed E-state index contributed by atoms with van der Waals surface area (Å²) in [6.07, 6.45) is 0. The van der Waals surface area contributed by atoms with Crippen LogP contribution >= 0.6 is 22.9 Å². The number of anilines is 1. The highest BCUT2D eigenvalue weighted by Crippen LogP contribution is 2.36. The molecule has 1 saturated heterocycles. The van der Waals surface area contributed by atoms with Gasteiger partial charge < -0.3 is 14.4 Å². The molecule has 3 rings (SSSR count). The molecule has 19 heavy (non-hydrogen) atoms. The number of aromatic nitrogens is 2. The fourth-order valence-corrected chi connectivity index (χ4v) is 3.07. The van der Waals surface area contributed by atoms with Gasteiger partial charge in [-0.3, -0.25) is 4.79 Å². The van der Waals surface area contributed by atoms with Crippen LogP contribution in [0.15, 0.2) is 6.07 Å². The summed E-state index contributed by atoms with van der Waals surface area (Å²) in [5.74, 6) is 0.768. The first-order valence-electron chi connectivity index (χ1n) is 5.68. The van der Waals surface area contributed by atoms with Gasteiger partial charge in [-0.25, -0.2) is 4.98 Å². The first-order valence-corrected chi connectivity index (χ1v) is 6.87. The van der Waals surface area contributed by atoms with Gasteiger partial charge in [0.15, 0.2) is 10.9 Å². The van der Waals surface area contributed by atoms with Crippen molar-refractivity contribution >= 4 is 45.4 Å². The summed E-state index contributed by atoms with van der Waals surface area (Å²) in [5.41, 5.74) is 0.684. The van der Waals surface area contributed by atoms with Gasteiger partial charge in [-0.15, -0.1) is 0 Å². The summed E-state index contributed by atoms with van der Waals surface area (Å²) >= 11 is 7.27. The third kappa shape index (κ3) is 2.49. The second kappa shape index (κ2) is 5.28. The fraction of sp³-hybridized carbons (Fsp3) is 0.364. The van der Waals surface area contributed by atoms with Gasteiger partial charge in [0.1, 0.15) is 0 Å². The molecule has 0 spiro atoms. The van der Waals surface area contributed by atoms with Crippen LogP contribution in [0.5, 0.6) is 5.06 Å². The predicted octanol–water partition coefficient (Wildman–Crippen LogP) is 1.72. The van der Waals surface area contributed by atoms with Crippen LogP contribution in [0.1, 0.15) is 0 Å². The van der Waals surface area contributed by atoms with Gasteiger partial charge >= 0.3 is 0 Å². The van der Waals surface area contributed by atoms with Gasteiger partial charge in [0.25, 0.3) is 6.47 Å². The van der Waals surface area contributed by atoms with E-state index in [0.29, 0.717) is 30.3 Å². The lowest BCUT2D eigenvalue weighted by atomic mass is 10.3. The zero-order valence-corrected chi connectivity index (χ0v) is 11.4. The SMILES string of the molecule is O=COc1cc2nc(Cl)nc(N3CCOCC3)c2s1. The van der Waals surface area contributed by atoms with Crippen molar-refractivity contribution in [1.29, 1.82) is 0 Å². The van der Waals surface area contributed by atoms with Crippen LogP contribution < -0.4 is 9.64 Å². The largest absolute Gasteiger partial charge is 0.418 e. The first kappa shape index (κ1) is 12.6. The molecule has 0 amide bonds. The number of morpholine rings is 1. The van der Waals surface area contributed by atoms with Crippen LogP contribution in [0.25, 0.3) is 10.2 Å². The van der Waals surface area contributed by atoms with Crippen molar-refractivity contribution in [3.05, 3.63) is 11.3 Å². The van der Waals surface area contributed by atoms with Crippen molar-refractivity contribution in [2.45, 2.75) is 0 Å². The van der Waals surface area contributed by atoms with E-state index in [1.54, 1.807) is 6.07 Å². The minimum Gasteiger partial charge on any atom is -0.418 e. The summed E-state index contributed by atoms with van der Waals surface area (Å²) in [6, 6.07) is 1.69. The molecule has 0 aromatic carbocycles. The van der Waals surface area contributed by atoms with E-state index in [1.807, 2.05) is 0 Å². The van der Waals surface area contributed by atoms with Gasteiger partial charge in [-0.2, -0.15) is 4.98 Å². The van der Waals surface area contributed by atoms with Crippen molar-refractivity contribution < 1.29 is 14.3 Å². The molecule has 2 aromatic heterocycles. The molecular formula is C11H10ClN3O3S. The van der Waals surface area contributed by atoms with E-state index in [9.17, 15) is 4.79 Å². The molecule has 0 unspecified atom stereocenters. The molecule has 0 bridgehead atoms. The number of fused-ring (bicyclic) bond motifs is 1. The van der Waals surface area contributed by atoms with Crippen LogP contribution in [0, 0.1) is 0 Å². The average molecular weight is 300 g/mol. The molecule has 1 fully saturated rings. The third-order valence-corrected chi connectivity index (χ3v) is 3.96. The smallest absolute Gasteiger partial charge is 0.299 e. The molecule has 6 nitrogen and oxygen atoms in total. The Balaban J connectivity index is 2.07. The van der Waals surface area contributed by atoms with E-state index in [-0.39, 0.29) is 5.28 Å². The number of rotatable bonds is 3. The highest BCUT2D eigenvalue weighted by atomic mass is 35.5. The number of hydrogen-bond acceptors (Lipinski definition) is 7. The molecule has 100 valence electrons. The topological polar surface area (TPSA) is 64.5 Å². The Morgan fingerprint density at radius 1 is 1.42 bits per heavy atom. The summed E-state index contributed by atoms with van der Waals surface area (Å²) in [6.45, 7) is 3.22. The van der Waals surface area contributed by atoms with E-state index in [2.05, 4.69) is 14.9 Å². The maximum absolute atomic E-state index is 10.4. The quantitative estimate of drug-likeness (QED) is 0.635. The van der Waals surface area contributed by atoms with Crippen molar-refractivity contribution in [3.63, 3.8) is 0 Å². The maximum atomic E-state index is 10.4. The van der Waals surface area contributed by atoms with Gasteiger partial charge in [-0.05, 0) is 11.6 Å². The van der Waals surface area contributed by atoms with Crippen LogP contribution in [0.3, 0.4) is 0 Å². The number of nitrogens with zero attached hydrogens (tertiary/aromatic N) is 3. The third-order valence-electron chi connectivity index (χ3n) is 2.78. The number of carbonyl (C=O) groups is 1. The molecule has 1 aliphatic heterocycles. The number of thiophene rings is 1. The minimum atomic E-state index is 0.185. The molecule has 0 radical (unpaired) electrons. The Morgan fingerprint density at radius 2 is 2.21 bits per heavy atom. The molecule has 0 N–H and O–H groups in total.